The predicted octanol–water partition coefficient (Wildman–Crippen LogP) is 4.08. The van der Waals surface area contributed by atoms with E-state index in [1.165, 1.54) is 18.7 Å². The molecule has 1 amide bonds. The lowest BCUT2D eigenvalue weighted by Gasteiger charge is -2.14. The zero-order valence-electron chi connectivity index (χ0n) is 18.2. The molecule has 31 heavy (non-hydrogen) atoms. The van der Waals surface area contributed by atoms with Gasteiger partial charge in [0.2, 0.25) is 5.75 Å². The molecule has 0 saturated carbocycles. The Bertz CT molecular complexity index is 1140. The molecular formula is C23H26ClN3O4. The van der Waals surface area contributed by atoms with E-state index in [-0.39, 0.29) is 18.1 Å². The molecule has 0 unspecified atom stereocenters. The first-order valence-corrected chi connectivity index (χ1v) is 10.2. The monoisotopic (exact) mass is 443 g/mol. The van der Waals surface area contributed by atoms with E-state index in [9.17, 15) is 14.7 Å². The fourth-order valence-electron chi connectivity index (χ4n) is 2.83. The van der Waals surface area contributed by atoms with Crippen molar-refractivity contribution in [3.8, 4) is 22.9 Å². The third kappa shape index (κ3) is 5.24. The lowest BCUT2D eigenvalue weighted by molar-refractivity contribution is 0.0942. The van der Waals surface area contributed by atoms with Gasteiger partial charge >= 0.3 is 0 Å². The van der Waals surface area contributed by atoms with Gasteiger partial charge < -0.3 is 15.2 Å². The van der Waals surface area contributed by atoms with Crippen LogP contribution in [-0.4, -0.2) is 27.7 Å². The predicted molar refractivity (Wildman–Crippen MR) is 122 cm³/mol. The summed E-state index contributed by atoms with van der Waals surface area (Å²) in [5.74, 6) is -0.700. The smallest absolute Gasteiger partial charge is 0.296 e. The molecule has 0 aliphatic carbocycles. The third-order valence-electron chi connectivity index (χ3n) is 4.52. The van der Waals surface area contributed by atoms with E-state index in [1.807, 2.05) is 32.9 Å². The van der Waals surface area contributed by atoms with Crippen LogP contribution in [0.25, 0.3) is 11.4 Å². The van der Waals surface area contributed by atoms with E-state index >= 15 is 0 Å². The molecule has 0 atom stereocenters. The molecule has 7 nitrogen and oxygen atoms in total. The van der Waals surface area contributed by atoms with Gasteiger partial charge in [-0.15, -0.1) is 0 Å². The highest BCUT2D eigenvalue weighted by Crippen LogP contribution is 2.28. The number of nitrogens with one attached hydrogen (secondary N) is 1. The Morgan fingerprint density at radius 2 is 1.90 bits per heavy atom. The van der Waals surface area contributed by atoms with Crippen LogP contribution >= 0.6 is 11.6 Å². The number of carbonyl (C=O) groups is 1. The van der Waals surface area contributed by atoms with Crippen LogP contribution in [0.2, 0.25) is 5.02 Å². The molecular weight excluding hydrogens is 418 g/mol. The third-order valence-corrected chi connectivity index (χ3v) is 4.93. The number of hydrogen-bond donors (Lipinski definition) is 2. The van der Waals surface area contributed by atoms with Crippen molar-refractivity contribution in [3.05, 3.63) is 74.7 Å². The van der Waals surface area contributed by atoms with Crippen molar-refractivity contribution in [2.75, 3.05) is 7.11 Å². The standard InChI is InChI=1S/C21H20ClN3O4.C2H6/c1-12-8-9-13(10-15(12)22)11-23-20(27)17-18(26)21(28)25(2)19(24-17)14-6-4-5-7-16(14)29-3;1-2/h4-10,26H,11H2,1-3H3,(H,23,27);1-2H3. The van der Waals surface area contributed by atoms with Crippen LogP contribution in [0.1, 0.15) is 35.5 Å². The zero-order chi connectivity index (χ0) is 23.1. The second-order valence-corrected chi connectivity index (χ2v) is 6.87. The molecule has 0 spiro atoms. The average molecular weight is 444 g/mol. The Labute approximate surface area is 186 Å². The van der Waals surface area contributed by atoms with Gasteiger partial charge in [0.25, 0.3) is 11.5 Å². The van der Waals surface area contributed by atoms with E-state index in [0.29, 0.717) is 16.3 Å². The van der Waals surface area contributed by atoms with Crippen molar-refractivity contribution in [2.24, 2.45) is 7.05 Å². The van der Waals surface area contributed by atoms with Gasteiger partial charge in [-0.2, -0.15) is 0 Å². The summed E-state index contributed by atoms with van der Waals surface area (Å²) in [5.41, 5.74) is 1.14. The summed E-state index contributed by atoms with van der Waals surface area (Å²) in [6.07, 6.45) is 0. The first kappa shape index (κ1) is 24.0. The Morgan fingerprint density at radius 1 is 1.23 bits per heavy atom. The van der Waals surface area contributed by atoms with Crippen molar-refractivity contribution < 1.29 is 14.6 Å². The number of carbonyl (C=O) groups excluding carboxylic acids is 1. The van der Waals surface area contributed by atoms with Gasteiger partial charge in [-0.3, -0.25) is 14.2 Å². The number of para-hydroxylation sites is 1. The van der Waals surface area contributed by atoms with Gasteiger partial charge in [-0.25, -0.2) is 4.98 Å². The lowest BCUT2D eigenvalue weighted by Crippen LogP contribution is -2.29. The molecule has 0 aliphatic heterocycles. The van der Waals surface area contributed by atoms with E-state index in [2.05, 4.69) is 10.3 Å². The van der Waals surface area contributed by atoms with Crippen LogP contribution < -0.4 is 15.6 Å². The molecule has 1 aromatic heterocycles. The minimum atomic E-state index is -0.732. The summed E-state index contributed by atoms with van der Waals surface area (Å²) in [7, 11) is 2.96. The number of aromatic hydroxyl groups is 1. The topological polar surface area (TPSA) is 93.5 Å². The van der Waals surface area contributed by atoms with Gasteiger partial charge in [-0.05, 0) is 36.2 Å². The Balaban J connectivity index is 0.00000166. The average Bonchev–Trinajstić information content (AvgIpc) is 2.79. The van der Waals surface area contributed by atoms with E-state index < -0.39 is 17.2 Å². The molecule has 1 heterocycles. The second kappa shape index (κ2) is 10.6. The number of halogens is 1. The van der Waals surface area contributed by atoms with E-state index in [4.69, 9.17) is 16.3 Å². The largest absolute Gasteiger partial charge is 0.501 e. The summed E-state index contributed by atoms with van der Waals surface area (Å²) < 4.78 is 6.49. The maximum atomic E-state index is 12.6. The zero-order valence-corrected chi connectivity index (χ0v) is 18.9. The number of hydrogen-bond acceptors (Lipinski definition) is 5. The maximum absolute atomic E-state index is 12.6. The number of aryl methyl sites for hydroxylation is 1. The molecule has 0 bridgehead atoms. The molecule has 2 N–H and O–H groups in total. The molecule has 3 rings (SSSR count). The quantitative estimate of drug-likeness (QED) is 0.619. The van der Waals surface area contributed by atoms with Crippen LogP contribution in [-0.2, 0) is 13.6 Å². The van der Waals surface area contributed by atoms with Crippen molar-refractivity contribution in [1.82, 2.24) is 14.9 Å². The van der Waals surface area contributed by atoms with Gasteiger partial charge in [0, 0.05) is 18.6 Å². The van der Waals surface area contributed by atoms with Crippen molar-refractivity contribution in [3.63, 3.8) is 0 Å². The Kier molecular flexibility index (Phi) is 8.22. The number of methoxy groups -OCH3 is 1. The lowest BCUT2D eigenvalue weighted by atomic mass is 10.1. The van der Waals surface area contributed by atoms with Crippen molar-refractivity contribution >= 4 is 17.5 Å². The highest BCUT2D eigenvalue weighted by molar-refractivity contribution is 6.31. The molecule has 0 saturated heterocycles. The number of aromatic nitrogens is 2. The summed E-state index contributed by atoms with van der Waals surface area (Å²) >= 11 is 6.11. The van der Waals surface area contributed by atoms with Gasteiger partial charge in [0.15, 0.2) is 5.69 Å². The Hall–Kier alpha value is -3.32. The van der Waals surface area contributed by atoms with Crippen LogP contribution in [0.4, 0.5) is 0 Å². The normalized spacial score (nSPS) is 10.1. The maximum Gasteiger partial charge on any atom is 0.296 e. The summed E-state index contributed by atoms with van der Waals surface area (Å²) in [4.78, 5) is 29.4. The summed E-state index contributed by atoms with van der Waals surface area (Å²) in [5, 5.41) is 13.5. The number of rotatable bonds is 5. The van der Waals surface area contributed by atoms with E-state index in [1.54, 1.807) is 30.3 Å². The first-order valence-electron chi connectivity index (χ1n) is 9.80. The van der Waals surface area contributed by atoms with Gasteiger partial charge in [0.05, 0.1) is 12.7 Å². The summed E-state index contributed by atoms with van der Waals surface area (Å²) in [6, 6.07) is 12.4. The number of nitrogens with zero attached hydrogens (tertiary/aromatic N) is 2. The van der Waals surface area contributed by atoms with Gasteiger partial charge in [0.1, 0.15) is 11.6 Å². The minimum absolute atomic E-state index is 0.166. The van der Waals surface area contributed by atoms with Crippen molar-refractivity contribution in [1.29, 1.82) is 0 Å². The molecule has 164 valence electrons. The van der Waals surface area contributed by atoms with Crippen molar-refractivity contribution in [2.45, 2.75) is 27.3 Å². The highest BCUT2D eigenvalue weighted by Gasteiger charge is 2.22. The first-order chi connectivity index (χ1) is 14.8. The fourth-order valence-corrected chi connectivity index (χ4v) is 3.03. The van der Waals surface area contributed by atoms with Crippen LogP contribution in [0.15, 0.2) is 47.3 Å². The fraction of sp³-hybridized carbons (Fsp3) is 0.261. The van der Waals surface area contributed by atoms with Crippen LogP contribution in [0.3, 0.4) is 0 Å². The van der Waals surface area contributed by atoms with Crippen LogP contribution in [0.5, 0.6) is 11.5 Å². The SMILES string of the molecule is CC.COc1ccccc1-c1nc(C(=O)NCc2ccc(C)c(Cl)c2)c(O)c(=O)n1C. The molecule has 0 aliphatic rings. The molecule has 8 heteroatoms. The molecule has 3 aromatic rings. The van der Waals surface area contributed by atoms with Gasteiger partial charge in [-0.1, -0.05) is 49.7 Å². The Morgan fingerprint density at radius 3 is 2.55 bits per heavy atom. The summed E-state index contributed by atoms with van der Waals surface area (Å²) in [6.45, 7) is 6.05. The molecule has 0 radical (unpaired) electrons. The second-order valence-electron chi connectivity index (χ2n) is 6.46. The van der Waals surface area contributed by atoms with Crippen LogP contribution in [0, 0.1) is 6.92 Å². The minimum Gasteiger partial charge on any atom is -0.501 e. The molecule has 0 fully saturated rings. The molecule has 2 aromatic carbocycles. The number of benzene rings is 2. The number of amides is 1. The van der Waals surface area contributed by atoms with E-state index in [0.717, 1.165) is 11.1 Å². The highest BCUT2D eigenvalue weighted by atomic mass is 35.5. The number of ether oxygens (including phenoxy) is 1.